The lowest BCUT2D eigenvalue weighted by atomic mass is 9.98. The van der Waals surface area contributed by atoms with E-state index in [0.29, 0.717) is 25.6 Å². The van der Waals surface area contributed by atoms with E-state index < -0.39 is 10.0 Å². The number of sulfonamides is 1. The van der Waals surface area contributed by atoms with E-state index in [-0.39, 0.29) is 5.91 Å². The first-order chi connectivity index (χ1) is 9.95. The third kappa shape index (κ3) is 5.26. The molecule has 21 heavy (non-hydrogen) atoms. The fourth-order valence-electron chi connectivity index (χ4n) is 2.29. The van der Waals surface area contributed by atoms with Gasteiger partial charge in [-0.3, -0.25) is 4.79 Å². The second-order valence-electron chi connectivity index (χ2n) is 5.20. The molecule has 0 unspecified atom stereocenters. The highest BCUT2D eigenvalue weighted by atomic mass is 32.2. The van der Waals surface area contributed by atoms with Crippen LogP contribution in [0.2, 0.25) is 0 Å². The van der Waals surface area contributed by atoms with E-state index in [1.54, 1.807) is 17.4 Å². The van der Waals surface area contributed by atoms with Crippen LogP contribution in [0.3, 0.4) is 0 Å². The maximum atomic E-state index is 11.7. The number of hydrogen-bond acceptors (Lipinski definition) is 4. The third-order valence-corrected chi connectivity index (χ3v) is 5.69. The lowest BCUT2D eigenvalue weighted by molar-refractivity contribution is -0.116. The first kappa shape index (κ1) is 16.2. The summed E-state index contributed by atoms with van der Waals surface area (Å²) < 4.78 is 24.3. The summed E-state index contributed by atoms with van der Waals surface area (Å²) in [4.78, 5) is 12.8. The van der Waals surface area contributed by atoms with Crippen molar-refractivity contribution in [2.45, 2.75) is 12.8 Å². The molecule has 1 aromatic heterocycles. The number of piperidine rings is 1. The minimum Gasteiger partial charge on any atom is -0.352 e. The molecule has 1 N–H and O–H groups in total. The third-order valence-electron chi connectivity index (χ3n) is 3.55. The molecule has 0 saturated carbocycles. The van der Waals surface area contributed by atoms with Crippen LogP contribution in [-0.4, -0.2) is 44.5 Å². The molecule has 2 heterocycles. The molecule has 0 aliphatic carbocycles. The van der Waals surface area contributed by atoms with Gasteiger partial charge in [-0.25, -0.2) is 12.7 Å². The predicted molar refractivity (Wildman–Crippen MR) is 85.5 cm³/mol. The number of rotatable bonds is 5. The summed E-state index contributed by atoms with van der Waals surface area (Å²) in [6.45, 7) is 1.69. The number of hydrogen-bond donors (Lipinski definition) is 1. The Hall–Kier alpha value is -1.18. The Morgan fingerprint density at radius 2 is 2.19 bits per heavy atom. The first-order valence-electron chi connectivity index (χ1n) is 6.89. The summed E-state index contributed by atoms with van der Waals surface area (Å²) in [6, 6.07) is 3.90. The van der Waals surface area contributed by atoms with Crippen LogP contribution in [0.5, 0.6) is 0 Å². The highest BCUT2D eigenvalue weighted by Crippen LogP contribution is 2.18. The van der Waals surface area contributed by atoms with Gasteiger partial charge in [-0.15, -0.1) is 11.3 Å². The van der Waals surface area contributed by atoms with Crippen molar-refractivity contribution in [1.29, 1.82) is 0 Å². The second kappa shape index (κ2) is 7.20. The highest BCUT2D eigenvalue weighted by molar-refractivity contribution is 7.88. The van der Waals surface area contributed by atoms with Gasteiger partial charge in [0, 0.05) is 30.6 Å². The average molecular weight is 328 g/mol. The van der Waals surface area contributed by atoms with Gasteiger partial charge in [0.15, 0.2) is 0 Å². The van der Waals surface area contributed by atoms with Crippen LogP contribution in [0.4, 0.5) is 0 Å². The van der Waals surface area contributed by atoms with E-state index in [2.05, 4.69) is 5.32 Å². The highest BCUT2D eigenvalue weighted by Gasteiger charge is 2.24. The van der Waals surface area contributed by atoms with Crippen LogP contribution in [0, 0.1) is 5.92 Å². The quantitative estimate of drug-likeness (QED) is 0.834. The van der Waals surface area contributed by atoms with Gasteiger partial charge in [0.1, 0.15) is 0 Å². The molecule has 0 atom stereocenters. The van der Waals surface area contributed by atoms with E-state index in [0.717, 1.165) is 17.7 Å². The zero-order chi connectivity index (χ0) is 15.3. The van der Waals surface area contributed by atoms with E-state index in [1.165, 1.54) is 16.6 Å². The van der Waals surface area contributed by atoms with Crippen molar-refractivity contribution in [3.05, 3.63) is 28.5 Å². The summed E-state index contributed by atoms with van der Waals surface area (Å²) in [5.41, 5.74) is 0. The normalized spacial score (nSPS) is 18.1. The van der Waals surface area contributed by atoms with Crippen molar-refractivity contribution >= 4 is 33.3 Å². The van der Waals surface area contributed by atoms with E-state index >= 15 is 0 Å². The Balaban J connectivity index is 1.71. The molecular weight excluding hydrogens is 308 g/mol. The molecule has 0 spiro atoms. The Bertz CT molecular complexity index is 586. The van der Waals surface area contributed by atoms with Crippen LogP contribution in [0.15, 0.2) is 23.6 Å². The minimum absolute atomic E-state index is 0.103. The van der Waals surface area contributed by atoms with Gasteiger partial charge in [0.25, 0.3) is 0 Å². The lowest BCUT2D eigenvalue weighted by Crippen LogP contribution is -2.40. The molecule has 1 amide bonds. The van der Waals surface area contributed by atoms with E-state index in [9.17, 15) is 13.2 Å². The topological polar surface area (TPSA) is 66.5 Å². The van der Waals surface area contributed by atoms with Crippen LogP contribution in [-0.2, 0) is 14.8 Å². The molecule has 0 bridgehead atoms. The summed E-state index contributed by atoms with van der Waals surface area (Å²) in [6.07, 6.45) is 6.16. The molecule has 7 heteroatoms. The van der Waals surface area contributed by atoms with Crippen LogP contribution in [0.1, 0.15) is 17.7 Å². The Kier molecular flexibility index (Phi) is 5.55. The number of nitrogens with one attached hydrogen (secondary N) is 1. The Labute approximate surface area is 129 Å². The molecular formula is C14H20N2O3S2. The SMILES string of the molecule is CS(=O)(=O)N1CCC(CNC(=O)C=Cc2cccs2)CC1. The van der Waals surface area contributed by atoms with Gasteiger partial charge in [-0.1, -0.05) is 6.07 Å². The van der Waals surface area contributed by atoms with Gasteiger partial charge < -0.3 is 5.32 Å². The second-order valence-corrected chi connectivity index (χ2v) is 8.16. The van der Waals surface area contributed by atoms with Gasteiger partial charge in [-0.2, -0.15) is 0 Å². The van der Waals surface area contributed by atoms with Crippen molar-refractivity contribution in [1.82, 2.24) is 9.62 Å². The maximum absolute atomic E-state index is 11.7. The number of amides is 1. The average Bonchev–Trinajstić information content (AvgIpc) is 2.95. The van der Waals surface area contributed by atoms with Gasteiger partial charge in [0.2, 0.25) is 15.9 Å². The van der Waals surface area contributed by atoms with Crippen molar-refractivity contribution in [3.8, 4) is 0 Å². The first-order valence-corrected chi connectivity index (χ1v) is 9.62. The summed E-state index contributed by atoms with van der Waals surface area (Å²) in [7, 11) is -3.08. The summed E-state index contributed by atoms with van der Waals surface area (Å²) in [5.74, 6) is 0.246. The number of carbonyl (C=O) groups excluding carboxylic acids is 1. The summed E-state index contributed by atoms with van der Waals surface area (Å²) in [5, 5.41) is 4.84. The Morgan fingerprint density at radius 1 is 1.48 bits per heavy atom. The lowest BCUT2D eigenvalue weighted by Gasteiger charge is -2.30. The smallest absolute Gasteiger partial charge is 0.244 e. The monoisotopic (exact) mass is 328 g/mol. The van der Waals surface area contributed by atoms with E-state index in [4.69, 9.17) is 0 Å². The maximum Gasteiger partial charge on any atom is 0.244 e. The van der Waals surface area contributed by atoms with Crippen molar-refractivity contribution in [2.24, 2.45) is 5.92 Å². The standard InChI is InChI=1S/C14H20N2O3S2/c1-21(18,19)16-8-6-12(7-9-16)11-15-14(17)5-4-13-3-2-10-20-13/h2-5,10,12H,6-9,11H2,1H3,(H,15,17). The van der Waals surface area contributed by atoms with Crippen molar-refractivity contribution in [2.75, 3.05) is 25.9 Å². The van der Waals surface area contributed by atoms with E-state index in [1.807, 2.05) is 17.5 Å². The number of nitrogens with zero attached hydrogens (tertiary/aromatic N) is 1. The van der Waals surface area contributed by atoms with Gasteiger partial charge in [-0.05, 0) is 36.3 Å². The molecule has 1 aromatic rings. The molecule has 116 valence electrons. The zero-order valence-electron chi connectivity index (χ0n) is 12.0. The fraction of sp³-hybridized carbons (Fsp3) is 0.500. The van der Waals surface area contributed by atoms with Crippen molar-refractivity contribution < 1.29 is 13.2 Å². The molecule has 0 radical (unpaired) electrons. The molecule has 5 nitrogen and oxygen atoms in total. The van der Waals surface area contributed by atoms with Crippen LogP contribution < -0.4 is 5.32 Å². The van der Waals surface area contributed by atoms with Crippen LogP contribution in [0.25, 0.3) is 6.08 Å². The van der Waals surface area contributed by atoms with Gasteiger partial charge in [0.05, 0.1) is 6.26 Å². The van der Waals surface area contributed by atoms with Gasteiger partial charge >= 0.3 is 0 Å². The number of carbonyl (C=O) groups is 1. The molecule has 1 saturated heterocycles. The molecule has 0 aromatic carbocycles. The van der Waals surface area contributed by atoms with Crippen molar-refractivity contribution in [3.63, 3.8) is 0 Å². The van der Waals surface area contributed by atoms with Crippen LogP contribution >= 0.6 is 11.3 Å². The minimum atomic E-state index is -3.08. The summed E-state index contributed by atoms with van der Waals surface area (Å²) >= 11 is 1.58. The molecule has 1 fully saturated rings. The molecule has 1 aliphatic heterocycles. The zero-order valence-corrected chi connectivity index (χ0v) is 13.6. The number of thiophene rings is 1. The predicted octanol–water partition coefficient (Wildman–Crippen LogP) is 1.55. The Morgan fingerprint density at radius 3 is 2.76 bits per heavy atom. The fourth-order valence-corrected chi connectivity index (χ4v) is 3.78. The largest absolute Gasteiger partial charge is 0.352 e. The molecule has 1 aliphatic rings. The molecule has 2 rings (SSSR count).